The molecular weight excluding hydrogens is 306 g/mol. The Morgan fingerprint density at radius 2 is 2.21 bits per heavy atom. The number of fused-ring (bicyclic) bond motifs is 1. The molecule has 7 nitrogen and oxygen atoms in total. The van der Waals surface area contributed by atoms with Crippen LogP contribution >= 0.6 is 0 Å². The first-order valence-electron chi connectivity index (χ1n) is 8.34. The quantitative estimate of drug-likeness (QED) is 0.821. The molecule has 126 valence electrons. The van der Waals surface area contributed by atoms with Crippen molar-refractivity contribution in [3.63, 3.8) is 0 Å². The molecule has 2 aliphatic heterocycles. The lowest BCUT2D eigenvalue weighted by atomic mass is 10.2. The number of ether oxygens (including phenoxy) is 1. The Hall–Kier alpha value is -2.25. The van der Waals surface area contributed by atoms with E-state index < -0.39 is 0 Å². The van der Waals surface area contributed by atoms with E-state index in [0.29, 0.717) is 19.7 Å². The van der Waals surface area contributed by atoms with Gasteiger partial charge in [0.2, 0.25) is 5.91 Å². The van der Waals surface area contributed by atoms with Crippen molar-refractivity contribution in [2.45, 2.75) is 19.1 Å². The number of para-hydroxylation sites is 1. The van der Waals surface area contributed by atoms with Crippen molar-refractivity contribution in [1.82, 2.24) is 19.7 Å². The van der Waals surface area contributed by atoms with E-state index in [0.717, 1.165) is 31.7 Å². The second-order valence-electron chi connectivity index (χ2n) is 6.27. The van der Waals surface area contributed by atoms with E-state index >= 15 is 0 Å². The summed E-state index contributed by atoms with van der Waals surface area (Å²) in [5.74, 6) is 0.168. The summed E-state index contributed by atoms with van der Waals surface area (Å²) in [7, 11) is 0. The fraction of sp³-hybridized carbons (Fsp3) is 0.471. The Labute approximate surface area is 140 Å². The van der Waals surface area contributed by atoms with Gasteiger partial charge in [-0.05, 0) is 18.1 Å². The second kappa shape index (κ2) is 6.70. The second-order valence-corrected chi connectivity index (χ2v) is 6.27. The molecule has 0 bridgehead atoms. The highest BCUT2D eigenvalue weighted by atomic mass is 16.5. The van der Waals surface area contributed by atoms with E-state index in [4.69, 9.17) is 4.74 Å². The van der Waals surface area contributed by atoms with Gasteiger partial charge in [-0.2, -0.15) is 5.10 Å². The van der Waals surface area contributed by atoms with Gasteiger partial charge in [-0.3, -0.25) is 14.4 Å². The number of rotatable bonds is 4. The van der Waals surface area contributed by atoms with E-state index in [-0.39, 0.29) is 12.0 Å². The third kappa shape index (κ3) is 3.18. The number of carbonyl (C=O) groups is 1. The van der Waals surface area contributed by atoms with Crippen LogP contribution in [0, 0.1) is 0 Å². The van der Waals surface area contributed by atoms with Crippen LogP contribution < -0.4 is 4.90 Å². The highest BCUT2D eigenvalue weighted by molar-refractivity contribution is 5.96. The third-order valence-electron chi connectivity index (χ3n) is 4.63. The van der Waals surface area contributed by atoms with Crippen LogP contribution in [0.1, 0.15) is 5.56 Å². The molecule has 0 spiro atoms. The summed E-state index contributed by atoms with van der Waals surface area (Å²) in [6, 6.07) is 8.16. The van der Waals surface area contributed by atoms with E-state index in [9.17, 15) is 4.79 Å². The van der Waals surface area contributed by atoms with Crippen LogP contribution in [0.4, 0.5) is 5.69 Å². The molecule has 2 aliphatic rings. The number of aromatic nitrogens is 3. The summed E-state index contributed by atoms with van der Waals surface area (Å²) in [5, 5.41) is 4.12. The van der Waals surface area contributed by atoms with E-state index in [1.165, 1.54) is 11.9 Å². The SMILES string of the molecule is O=C(CN1CCO[C@@H](Cn2cncn2)C1)N1CCc2ccccc21. The molecule has 1 aromatic heterocycles. The Morgan fingerprint density at radius 1 is 1.29 bits per heavy atom. The Morgan fingerprint density at radius 3 is 3.08 bits per heavy atom. The maximum absolute atomic E-state index is 12.7. The number of hydrogen-bond donors (Lipinski definition) is 0. The lowest BCUT2D eigenvalue weighted by Gasteiger charge is -2.33. The highest BCUT2D eigenvalue weighted by Gasteiger charge is 2.28. The fourth-order valence-electron chi connectivity index (χ4n) is 3.44. The lowest BCUT2D eigenvalue weighted by Crippen LogP contribution is -2.48. The monoisotopic (exact) mass is 327 g/mol. The topological polar surface area (TPSA) is 63.5 Å². The van der Waals surface area contributed by atoms with Crippen LogP contribution in [0.25, 0.3) is 0 Å². The fourth-order valence-corrected chi connectivity index (χ4v) is 3.44. The van der Waals surface area contributed by atoms with Gasteiger partial charge in [0.05, 0.1) is 25.8 Å². The number of morpholine rings is 1. The number of benzene rings is 1. The van der Waals surface area contributed by atoms with E-state index in [2.05, 4.69) is 21.0 Å². The number of nitrogens with zero attached hydrogens (tertiary/aromatic N) is 5. The summed E-state index contributed by atoms with van der Waals surface area (Å²) in [4.78, 5) is 20.8. The van der Waals surface area contributed by atoms with Gasteiger partial charge in [-0.25, -0.2) is 4.98 Å². The minimum absolute atomic E-state index is 0.0408. The number of hydrogen-bond acceptors (Lipinski definition) is 5. The van der Waals surface area contributed by atoms with Gasteiger partial charge in [-0.1, -0.05) is 18.2 Å². The lowest BCUT2D eigenvalue weighted by molar-refractivity contribution is -0.121. The molecule has 0 N–H and O–H groups in total. The van der Waals surface area contributed by atoms with Crippen molar-refractivity contribution in [2.24, 2.45) is 0 Å². The minimum atomic E-state index is 0.0408. The van der Waals surface area contributed by atoms with Crippen LogP contribution in [-0.2, 0) is 22.5 Å². The van der Waals surface area contributed by atoms with Gasteiger partial charge in [0, 0.05) is 25.3 Å². The molecule has 3 heterocycles. The zero-order chi connectivity index (χ0) is 16.4. The van der Waals surface area contributed by atoms with Crippen LogP contribution in [0.2, 0.25) is 0 Å². The molecule has 1 amide bonds. The van der Waals surface area contributed by atoms with E-state index in [1.54, 1.807) is 11.0 Å². The molecule has 1 aromatic carbocycles. The summed E-state index contributed by atoms with van der Waals surface area (Å²) in [5.41, 5.74) is 2.33. The van der Waals surface area contributed by atoms with Crippen molar-refractivity contribution >= 4 is 11.6 Å². The summed E-state index contributed by atoms with van der Waals surface area (Å²) in [6.07, 6.45) is 4.20. The minimum Gasteiger partial charge on any atom is -0.374 e. The van der Waals surface area contributed by atoms with Gasteiger partial charge < -0.3 is 9.64 Å². The Kier molecular flexibility index (Phi) is 4.27. The largest absolute Gasteiger partial charge is 0.374 e. The van der Waals surface area contributed by atoms with Crippen molar-refractivity contribution in [1.29, 1.82) is 0 Å². The molecular formula is C17H21N5O2. The first-order valence-corrected chi connectivity index (χ1v) is 8.34. The van der Waals surface area contributed by atoms with Gasteiger partial charge in [0.15, 0.2) is 0 Å². The summed E-state index contributed by atoms with van der Waals surface area (Å²) < 4.78 is 7.56. The van der Waals surface area contributed by atoms with Crippen molar-refractivity contribution in [2.75, 3.05) is 37.7 Å². The van der Waals surface area contributed by atoms with Crippen molar-refractivity contribution in [3.8, 4) is 0 Å². The zero-order valence-corrected chi connectivity index (χ0v) is 13.5. The van der Waals surface area contributed by atoms with Crippen LogP contribution in [0.3, 0.4) is 0 Å². The molecule has 1 atom stereocenters. The first kappa shape index (κ1) is 15.3. The van der Waals surface area contributed by atoms with Gasteiger partial charge in [-0.15, -0.1) is 0 Å². The molecule has 7 heteroatoms. The molecule has 0 aliphatic carbocycles. The first-order chi connectivity index (χ1) is 11.8. The van der Waals surface area contributed by atoms with E-state index in [1.807, 2.05) is 23.1 Å². The van der Waals surface area contributed by atoms with Crippen LogP contribution in [0.15, 0.2) is 36.9 Å². The molecule has 1 saturated heterocycles. The third-order valence-corrected chi connectivity index (χ3v) is 4.63. The van der Waals surface area contributed by atoms with Crippen LogP contribution in [0.5, 0.6) is 0 Å². The molecule has 0 saturated carbocycles. The maximum Gasteiger partial charge on any atom is 0.241 e. The molecule has 0 radical (unpaired) electrons. The molecule has 1 fully saturated rings. The molecule has 0 unspecified atom stereocenters. The van der Waals surface area contributed by atoms with Gasteiger partial charge in [0.1, 0.15) is 12.7 Å². The molecule has 24 heavy (non-hydrogen) atoms. The van der Waals surface area contributed by atoms with Crippen LogP contribution in [-0.4, -0.2) is 64.5 Å². The average Bonchev–Trinajstić information content (AvgIpc) is 3.24. The standard InChI is InChI=1S/C17H21N5O2/c23-17(22-6-5-14-3-1-2-4-16(14)22)11-20-7-8-24-15(9-20)10-21-13-18-12-19-21/h1-4,12-13,15H,5-11H2/t15-/m1/s1. The Balaban J connectivity index is 1.36. The number of amides is 1. The molecule has 2 aromatic rings. The van der Waals surface area contributed by atoms with Crippen molar-refractivity contribution in [3.05, 3.63) is 42.5 Å². The summed E-state index contributed by atoms with van der Waals surface area (Å²) in [6.45, 7) is 4.05. The predicted molar refractivity (Wildman–Crippen MR) is 88.7 cm³/mol. The molecule has 4 rings (SSSR count). The predicted octanol–water partition coefficient (Wildman–Crippen LogP) is 0.568. The average molecular weight is 327 g/mol. The summed E-state index contributed by atoms with van der Waals surface area (Å²) >= 11 is 0. The Bertz CT molecular complexity index is 703. The number of carbonyl (C=O) groups excluding carboxylic acids is 1. The normalized spacial score (nSPS) is 21.0. The zero-order valence-electron chi connectivity index (χ0n) is 13.5. The van der Waals surface area contributed by atoms with Crippen molar-refractivity contribution < 1.29 is 9.53 Å². The van der Waals surface area contributed by atoms with Gasteiger partial charge >= 0.3 is 0 Å². The maximum atomic E-state index is 12.7. The van der Waals surface area contributed by atoms with Gasteiger partial charge in [0.25, 0.3) is 0 Å². The highest BCUT2D eigenvalue weighted by Crippen LogP contribution is 2.27. The smallest absolute Gasteiger partial charge is 0.241 e. The number of anilines is 1.